The van der Waals surface area contributed by atoms with E-state index in [1.54, 1.807) is 11.0 Å². The predicted octanol–water partition coefficient (Wildman–Crippen LogP) is 3.07. The van der Waals surface area contributed by atoms with Crippen molar-refractivity contribution in [2.75, 3.05) is 18.4 Å². The van der Waals surface area contributed by atoms with Crippen molar-refractivity contribution in [3.63, 3.8) is 0 Å². The van der Waals surface area contributed by atoms with E-state index in [-0.39, 0.29) is 28.7 Å². The number of hydrogen-bond acceptors (Lipinski definition) is 2. The lowest BCUT2D eigenvalue weighted by molar-refractivity contribution is -0.135. The minimum absolute atomic E-state index is 0.0249. The third-order valence-electron chi connectivity index (χ3n) is 4.22. The Morgan fingerprint density at radius 2 is 2.00 bits per heavy atom. The van der Waals surface area contributed by atoms with Gasteiger partial charge in [-0.1, -0.05) is 11.6 Å². The lowest BCUT2D eigenvalue weighted by Crippen LogP contribution is -2.44. The van der Waals surface area contributed by atoms with E-state index in [9.17, 15) is 14.0 Å². The molecule has 2 amide bonds. The second kappa shape index (κ2) is 6.24. The van der Waals surface area contributed by atoms with Crippen molar-refractivity contribution >= 4 is 29.1 Å². The van der Waals surface area contributed by atoms with Gasteiger partial charge in [-0.3, -0.25) is 9.59 Å². The normalized spacial score (nSPS) is 21.5. The van der Waals surface area contributed by atoms with Crippen molar-refractivity contribution in [3.05, 3.63) is 29.0 Å². The van der Waals surface area contributed by atoms with Gasteiger partial charge in [0, 0.05) is 24.7 Å². The summed E-state index contributed by atoms with van der Waals surface area (Å²) in [7, 11) is 0. The Bertz CT molecular complexity index is 604. The zero-order valence-electron chi connectivity index (χ0n) is 12.1. The molecule has 3 rings (SSSR count). The maximum absolute atomic E-state index is 13.4. The maximum Gasteiger partial charge on any atom is 0.229 e. The van der Waals surface area contributed by atoms with Gasteiger partial charge in [-0.2, -0.15) is 0 Å². The first-order valence-electron chi connectivity index (χ1n) is 7.59. The van der Waals surface area contributed by atoms with E-state index in [0.29, 0.717) is 12.2 Å². The molecule has 1 aliphatic carbocycles. The van der Waals surface area contributed by atoms with E-state index in [4.69, 9.17) is 11.6 Å². The smallest absolute Gasteiger partial charge is 0.229 e. The molecule has 1 saturated heterocycles. The van der Waals surface area contributed by atoms with Gasteiger partial charge < -0.3 is 10.2 Å². The van der Waals surface area contributed by atoms with Crippen molar-refractivity contribution in [1.82, 2.24) is 4.90 Å². The van der Waals surface area contributed by atoms with E-state index in [1.807, 2.05) is 0 Å². The number of likely N-dealkylation sites (tertiary alicyclic amines) is 1. The third kappa shape index (κ3) is 3.40. The largest absolute Gasteiger partial charge is 0.342 e. The molecule has 1 aliphatic heterocycles. The minimum atomic E-state index is -0.561. The topological polar surface area (TPSA) is 49.4 Å². The summed E-state index contributed by atoms with van der Waals surface area (Å²) in [6.07, 6.45) is 3.51. The Morgan fingerprint density at radius 1 is 1.23 bits per heavy atom. The summed E-state index contributed by atoms with van der Waals surface area (Å²) in [5, 5.41) is 2.73. The molecule has 2 fully saturated rings. The number of anilines is 1. The number of nitrogens with zero attached hydrogens (tertiary/aromatic N) is 1. The fourth-order valence-corrected chi connectivity index (χ4v) is 2.92. The van der Waals surface area contributed by atoms with Gasteiger partial charge in [0.2, 0.25) is 11.8 Å². The Balaban J connectivity index is 1.61. The first kappa shape index (κ1) is 15.3. The monoisotopic (exact) mass is 324 g/mol. The molecular weight excluding hydrogens is 307 g/mol. The third-order valence-corrected chi connectivity index (χ3v) is 4.52. The number of nitrogens with one attached hydrogen (secondary N) is 1. The van der Waals surface area contributed by atoms with Gasteiger partial charge in [0.15, 0.2) is 0 Å². The molecule has 2 aliphatic rings. The van der Waals surface area contributed by atoms with Gasteiger partial charge in [0.1, 0.15) is 5.82 Å². The number of rotatable bonds is 3. The number of carbonyl (C=O) groups excluding carboxylic acids is 2. The van der Waals surface area contributed by atoms with Crippen LogP contribution in [0.3, 0.4) is 0 Å². The summed E-state index contributed by atoms with van der Waals surface area (Å²) in [5.41, 5.74) is 0.387. The Morgan fingerprint density at radius 3 is 2.68 bits per heavy atom. The number of halogens is 2. The first-order chi connectivity index (χ1) is 10.5. The highest BCUT2D eigenvalue weighted by Gasteiger charge is 2.36. The van der Waals surface area contributed by atoms with E-state index in [0.717, 1.165) is 32.2 Å². The number of piperidine rings is 1. The average molecular weight is 325 g/mol. The number of hydrogen-bond donors (Lipinski definition) is 1. The molecule has 1 aromatic rings. The summed E-state index contributed by atoms with van der Waals surface area (Å²) in [4.78, 5) is 26.2. The Labute approximate surface area is 133 Å². The maximum atomic E-state index is 13.4. The molecule has 1 saturated carbocycles. The van der Waals surface area contributed by atoms with Crippen molar-refractivity contribution < 1.29 is 14.0 Å². The second-order valence-corrected chi connectivity index (χ2v) is 6.42. The van der Waals surface area contributed by atoms with Crippen molar-refractivity contribution in [1.29, 1.82) is 0 Å². The lowest BCUT2D eigenvalue weighted by Gasteiger charge is -2.32. The summed E-state index contributed by atoms with van der Waals surface area (Å²) < 4.78 is 13.4. The van der Waals surface area contributed by atoms with E-state index >= 15 is 0 Å². The molecule has 0 radical (unpaired) electrons. The van der Waals surface area contributed by atoms with E-state index < -0.39 is 5.82 Å². The number of carbonyl (C=O) groups is 2. The molecule has 1 N–H and O–H groups in total. The quantitative estimate of drug-likeness (QED) is 0.929. The van der Waals surface area contributed by atoms with Crippen LogP contribution >= 0.6 is 11.6 Å². The van der Waals surface area contributed by atoms with Gasteiger partial charge in [-0.25, -0.2) is 4.39 Å². The van der Waals surface area contributed by atoms with Gasteiger partial charge in [-0.15, -0.1) is 0 Å². The average Bonchev–Trinajstić information content (AvgIpc) is 3.35. The zero-order chi connectivity index (χ0) is 15.7. The highest BCUT2D eigenvalue weighted by Crippen LogP contribution is 2.32. The molecule has 1 heterocycles. The fraction of sp³-hybridized carbons (Fsp3) is 0.500. The Hall–Kier alpha value is -1.62. The van der Waals surface area contributed by atoms with Crippen LogP contribution in [0.2, 0.25) is 5.02 Å². The van der Waals surface area contributed by atoms with Gasteiger partial charge in [0.25, 0.3) is 0 Å². The number of benzene rings is 1. The fourth-order valence-electron chi connectivity index (χ4n) is 2.80. The standard InChI is InChI=1S/C16H18ClFN2O2/c17-13-6-5-12(8-14(13)18)19-15(21)11-2-1-7-20(9-11)16(22)10-3-4-10/h5-6,8,10-11H,1-4,7,9H2,(H,19,21)/t11-/m0/s1. The molecule has 0 spiro atoms. The molecule has 4 nitrogen and oxygen atoms in total. The molecule has 1 aromatic carbocycles. The second-order valence-electron chi connectivity index (χ2n) is 6.02. The molecule has 118 valence electrons. The van der Waals surface area contributed by atoms with Crippen LogP contribution in [-0.2, 0) is 9.59 Å². The highest BCUT2D eigenvalue weighted by atomic mass is 35.5. The van der Waals surface area contributed by atoms with Gasteiger partial charge in [0.05, 0.1) is 10.9 Å². The molecule has 22 heavy (non-hydrogen) atoms. The molecule has 0 aromatic heterocycles. The van der Waals surface area contributed by atoms with Crippen LogP contribution in [0.5, 0.6) is 0 Å². The Kier molecular flexibility index (Phi) is 4.34. The molecular formula is C16H18ClFN2O2. The molecule has 1 atom stereocenters. The van der Waals surface area contributed by atoms with E-state index in [1.165, 1.54) is 12.1 Å². The van der Waals surface area contributed by atoms with Gasteiger partial charge >= 0.3 is 0 Å². The summed E-state index contributed by atoms with van der Waals surface area (Å²) >= 11 is 5.62. The summed E-state index contributed by atoms with van der Waals surface area (Å²) in [5.74, 6) is -0.624. The molecule has 0 unspecified atom stereocenters. The predicted molar refractivity (Wildman–Crippen MR) is 82.1 cm³/mol. The van der Waals surface area contributed by atoms with Gasteiger partial charge in [-0.05, 0) is 43.9 Å². The van der Waals surface area contributed by atoms with Crippen LogP contribution in [0.1, 0.15) is 25.7 Å². The van der Waals surface area contributed by atoms with Crippen LogP contribution in [-0.4, -0.2) is 29.8 Å². The molecule has 0 bridgehead atoms. The molecule has 6 heteroatoms. The van der Waals surface area contributed by atoms with E-state index in [2.05, 4.69) is 5.32 Å². The summed E-state index contributed by atoms with van der Waals surface area (Å²) in [6, 6.07) is 4.19. The van der Waals surface area contributed by atoms with Crippen LogP contribution < -0.4 is 5.32 Å². The minimum Gasteiger partial charge on any atom is -0.342 e. The summed E-state index contributed by atoms with van der Waals surface area (Å²) in [6.45, 7) is 1.19. The SMILES string of the molecule is O=C(Nc1ccc(Cl)c(F)c1)[C@H]1CCCN(C(=O)C2CC2)C1. The number of amides is 2. The van der Waals surface area contributed by atoms with Crippen LogP contribution in [0, 0.1) is 17.7 Å². The van der Waals surface area contributed by atoms with Crippen LogP contribution in [0.4, 0.5) is 10.1 Å². The first-order valence-corrected chi connectivity index (χ1v) is 7.97. The van der Waals surface area contributed by atoms with Crippen molar-refractivity contribution in [2.45, 2.75) is 25.7 Å². The zero-order valence-corrected chi connectivity index (χ0v) is 12.9. The van der Waals surface area contributed by atoms with Crippen molar-refractivity contribution in [3.8, 4) is 0 Å². The van der Waals surface area contributed by atoms with Crippen LogP contribution in [0.25, 0.3) is 0 Å². The van der Waals surface area contributed by atoms with Crippen LogP contribution in [0.15, 0.2) is 18.2 Å². The van der Waals surface area contributed by atoms with Crippen molar-refractivity contribution in [2.24, 2.45) is 11.8 Å². The lowest BCUT2D eigenvalue weighted by atomic mass is 9.96. The highest BCUT2D eigenvalue weighted by molar-refractivity contribution is 6.30.